The van der Waals surface area contributed by atoms with Crippen molar-refractivity contribution in [2.75, 3.05) is 0 Å². The molecule has 3 aromatic rings. The standard InChI is InChI=1S/C13H9F2N3O/c14-10-5-4-9(7-11(10)15)8-18-13(19)17-6-2-1-3-12(17)16-18/h1-7H,8H2. The fourth-order valence-electron chi connectivity index (χ4n) is 1.88. The van der Waals surface area contributed by atoms with E-state index < -0.39 is 11.6 Å². The Hall–Kier alpha value is -2.50. The van der Waals surface area contributed by atoms with Crippen LogP contribution in [0.1, 0.15) is 5.56 Å². The van der Waals surface area contributed by atoms with Crippen LogP contribution in [0.3, 0.4) is 0 Å². The van der Waals surface area contributed by atoms with E-state index in [9.17, 15) is 13.6 Å². The Morgan fingerprint density at radius 3 is 2.68 bits per heavy atom. The summed E-state index contributed by atoms with van der Waals surface area (Å²) in [5.41, 5.74) is 0.667. The van der Waals surface area contributed by atoms with Crippen molar-refractivity contribution in [1.29, 1.82) is 0 Å². The largest absolute Gasteiger partial charge is 0.350 e. The highest BCUT2D eigenvalue weighted by molar-refractivity contribution is 5.35. The number of hydrogen-bond acceptors (Lipinski definition) is 2. The summed E-state index contributed by atoms with van der Waals surface area (Å²) in [5, 5.41) is 4.11. The summed E-state index contributed by atoms with van der Waals surface area (Å²) in [4.78, 5) is 12.0. The molecular formula is C13H9F2N3O. The Morgan fingerprint density at radius 1 is 1.11 bits per heavy atom. The van der Waals surface area contributed by atoms with E-state index in [1.807, 2.05) is 0 Å². The lowest BCUT2D eigenvalue weighted by Crippen LogP contribution is -2.21. The molecule has 0 fully saturated rings. The molecule has 0 atom stereocenters. The van der Waals surface area contributed by atoms with Crippen LogP contribution in [0.4, 0.5) is 8.78 Å². The zero-order valence-corrected chi connectivity index (χ0v) is 9.75. The van der Waals surface area contributed by atoms with Crippen LogP contribution in [0.2, 0.25) is 0 Å². The molecule has 2 heterocycles. The third-order valence-electron chi connectivity index (χ3n) is 2.80. The summed E-state index contributed by atoms with van der Waals surface area (Å²) in [6, 6.07) is 8.71. The monoisotopic (exact) mass is 261 g/mol. The number of pyridine rings is 1. The predicted octanol–water partition coefficient (Wildman–Crippen LogP) is 1.82. The molecule has 0 aliphatic carbocycles. The molecule has 19 heavy (non-hydrogen) atoms. The van der Waals surface area contributed by atoms with E-state index in [0.717, 1.165) is 12.1 Å². The number of rotatable bonds is 2. The molecule has 6 heteroatoms. The van der Waals surface area contributed by atoms with Gasteiger partial charge >= 0.3 is 5.69 Å². The van der Waals surface area contributed by atoms with Gasteiger partial charge in [-0.2, -0.15) is 0 Å². The van der Waals surface area contributed by atoms with Gasteiger partial charge in [-0.1, -0.05) is 12.1 Å². The van der Waals surface area contributed by atoms with Crippen LogP contribution in [0.25, 0.3) is 5.65 Å². The molecule has 0 amide bonds. The first-order valence-corrected chi connectivity index (χ1v) is 5.63. The Bertz CT molecular complexity index is 807. The van der Waals surface area contributed by atoms with Gasteiger partial charge in [-0.25, -0.2) is 18.3 Å². The third kappa shape index (κ3) is 2.01. The van der Waals surface area contributed by atoms with Crippen molar-refractivity contribution in [2.24, 2.45) is 0 Å². The predicted molar refractivity (Wildman–Crippen MR) is 64.9 cm³/mol. The minimum absolute atomic E-state index is 0.0950. The molecule has 0 aliphatic heterocycles. The van der Waals surface area contributed by atoms with E-state index in [0.29, 0.717) is 11.2 Å². The first-order valence-electron chi connectivity index (χ1n) is 5.63. The van der Waals surface area contributed by atoms with Crippen LogP contribution in [0.5, 0.6) is 0 Å². The lowest BCUT2D eigenvalue weighted by molar-refractivity contribution is 0.505. The normalized spacial score (nSPS) is 11.1. The van der Waals surface area contributed by atoms with Crippen molar-refractivity contribution >= 4 is 5.65 Å². The van der Waals surface area contributed by atoms with Gasteiger partial charge in [0.05, 0.1) is 6.54 Å². The maximum Gasteiger partial charge on any atom is 0.350 e. The van der Waals surface area contributed by atoms with Crippen molar-refractivity contribution in [1.82, 2.24) is 14.2 Å². The molecule has 1 aromatic carbocycles. The van der Waals surface area contributed by atoms with Crippen molar-refractivity contribution in [3.8, 4) is 0 Å². The zero-order chi connectivity index (χ0) is 13.4. The summed E-state index contributed by atoms with van der Waals surface area (Å²) < 4.78 is 28.5. The second kappa shape index (κ2) is 4.31. The maximum absolute atomic E-state index is 13.1. The molecular weight excluding hydrogens is 252 g/mol. The number of aromatic nitrogens is 3. The fraction of sp³-hybridized carbons (Fsp3) is 0.0769. The minimum atomic E-state index is -0.936. The average Bonchev–Trinajstić information content (AvgIpc) is 2.72. The molecule has 0 saturated heterocycles. The lowest BCUT2D eigenvalue weighted by atomic mass is 10.2. The Morgan fingerprint density at radius 2 is 1.95 bits per heavy atom. The first kappa shape index (κ1) is 11.6. The van der Waals surface area contributed by atoms with Crippen LogP contribution in [0.15, 0.2) is 47.4 Å². The second-order valence-electron chi connectivity index (χ2n) is 4.12. The Labute approximate surface area is 106 Å². The number of benzene rings is 1. The Kier molecular flexibility index (Phi) is 2.63. The van der Waals surface area contributed by atoms with E-state index in [4.69, 9.17) is 0 Å². The van der Waals surface area contributed by atoms with Crippen LogP contribution >= 0.6 is 0 Å². The highest BCUT2D eigenvalue weighted by Crippen LogP contribution is 2.09. The van der Waals surface area contributed by atoms with Crippen molar-refractivity contribution < 1.29 is 8.78 Å². The topological polar surface area (TPSA) is 39.3 Å². The number of nitrogens with zero attached hydrogens (tertiary/aromatic N) is 3. The zero-order valence-electron chi connectivity index (χ0n) is 9.75. The quantitative estimate of drug-likeness (QED) is 0.706. The van der Waals surface area contributed by atoms with E-state index in [-0.39, 0.29) is 12.2 Å². The number of hydrogen-bond donors (Lipinski definition) is 0. The van der Waals surface area contributed by atoms with Gasteiger partial charge in [0.15, 0.2) is 17.3 Å². The second-order valence-corrected chi connectivity index (χ2v) is 4.12. The summed E-state index contributed by atoms with van der Waals surface area (Å²) in [7, 11) is 0. The van der Waals surface area contributed by atoms with Crippen LogP contribution in [-0.4, -0.2) is 14.2 Å². The molecule has 4 nitrogen and oxygen atoms in total. The summed E-state index contributed by atoms with van der Waals surface area (Å²) in [5.74, 6) is -1.85. The van der Waals surface area contributed by atoms with E-state index in [1.54, 1.807) is 24.4 Å². The molecule has 0 unspecified atom stereocenters. The third-order valence-corrected chi connectivity index (χ3v) is 2.80. The molecule has 3 rings (SSSR count). The lowest BCUT2D eigenvalue weighted by Gasteiger charge is -2.00. The van der Waals surface area contributed by atoms with Gasteiger partial charge in [0, 0.05) is 6.20 Å². The minimum Gasteiger partial charge on any atom is -0.250 e. The molecule has 0 saturated carbocycles. The van der Waals surface area contributed by atoms with Gasteiger partial charge in [0.25, 0.3) is 0 Å². The van der Waals surface area contributed by atoms with E-state index in [1.165, 1.54) is 15.1 Å². The van der Waals surface area contributed by atoms with Crippen molar-refractivity contribution in [3.05, 3.63) is 70.3 Å². The molecule has 0 N–H and O–H groups in total. The highest BCUT2D eigenvalue weighted by atomic mass is 19.2. The van der Waals surface area contributed by atoms with Gasteiger partial charge in [-0.15, -0.1) is 5.10 Å². The molecule has 0 aliphatic rings. The molecule has 2 aromatic heterocycles. The highest BCUT2D eigenvalue weighted by Gasteiger charge is 2.08. The van der Waals surface area contributed by atoms with E-state index >= 15 is 0 Å². The summed E-state index contributed by atoms with van der Waals surface area (Å²) >= 11 is 0. The van der Waals surface area contributed by atoms with Crippen LogP contribution < -0.4 is 5.69 Å². The number of fused-ring (bicyclic) bond motifs is 1. The summed E-state index contributed by atoms with van der Waals surface area (Å²) in [6.45, 7) is 0.0950. The van der Waals surface area contributed by atoms with Gasteiger partial charge in [-0.3, -0.25) is 4.40 Å². The number of halogens is 2. The molecule has 0 bridgehead atoms. The summed E-state index contributed by atoms with van der Waals surface area (Å²) in [6.07, 6.45) is 1.60. The maximum atomic E-state index is 13.1. The first-order chi connectivity index (χ1) is 9.15. The Balaban J connectivity index is 2.03. The van der Waals surface area contributed by atoms with Crippen LogP contribution in [-0.2, 0) is 6.54 Å². The van der Waals surface area contributed by atoms with Gasteiger partial charge in [-0.05, 0) is 29.8 Å². The average molecular weight is 261 g/mol. The molecule has 0 spiro atoms. The van der Waals surface area contributed by atoms with Crippen LogP contribution in [0, 0.1) is 11.6 Å². The van der Waals surface area contributed by atoms with Gasteiger partial charge in [0.2, 0.25) is 0 Å². The van der Waals surface area contributed by atoms with Crippen molar-refractivity contribution in [2.45, 2.75) is 6.54 Å². The van der Waals surface area contributed by atoms with Gasteiger partial charge < -0.3 is 0 Å². The van der Waals surface area contributed by atoms with E-state index in [2.05, 4.69) is 5.10 Å². The molecule has 96 valence electrons. The molecule has 0 radical (unpaired) electrons. The van der Waals surface area contributed by atoms with Crippen molar-refractivity contribution in [3.63, 3.8) is 0 Å². The SMILES string of the molecule is O=c1n(Cc2ccc(F)c(F)c2)nc2ccccn12. The fourth-order valence-corrected chi connectivity index (χ4v) is 1.88. The van der Waals surface area contributed by atoms with Gasteiger partial charge in [0.1, 0.15) is 0 Å². The smallest absolute Gasteiger partial charge is 0.250 e.